The Bertz CT molecular complexity index is 417. The van der Waals surface area contributed by atoms with Crippen LogP contribution in [0.15, 0.2) is 18.2 Å². The molecule has 19 heavy (non-hydrogen) atoms. The summed E-state index contributed by atoms with van der Waals surface area (Å²) in [5.41, 5.74) is 2.49. The van der Waals surface area contributed by atoms with Gasteiger partial charge in [-0.15, -0.1) is 0 Å². The second-order valence-electron chi connectivity index (χ2n) is 5.79. The van der Waals surface area contributed by atoms with Crippen molar-refractivity contribution in [1.29, 1.82) is 0 Å². The Morgan fingerprint density at radius 3 is 2.84 bits per heavy atom. The highest BCUT2D eigenvalue weighted by atomic mass is 16.5. The average molecular weight is 262 g/mol. The van der Waals surface area contributed by atoms with E-state index in [1.165, 1.54) is 5.56 Å². The van der Waals surface area contributed by atoms with E-state index in [-0.39, 0.29) is 0 Å². The zero-order valence-electron chi connectivity index (χ0n) is 12.5. The van der Waals surface area contributed by atoms with E-state index in [9.17, 15) is 0 Å². The van der Waals surface area contributed by atoms with E-state index in [0.717, 1.165) is 30.8 Å². The van der Waals surface area contributed by atoms with Crippen molar-refractivity contribution in [2.45, 2.75) is 58.7 Å². The van der Waals surface area contributed by atoms with E-state index in [1.54, 1.807) is 0 Å². The Hall–Kier alpha value is -1.22. The zero-order valence-corrected chi connectivity index (χ0v) is 12.5. The quantitative estimate of drug-likeness (QED) is 0.855. The van der Waals surface area contributed by atoms with Crippen LogP contribution < -0.4 is 15.4 Å². The fraction of sp³-hybridized carbons (Fsp3) is 0.625. The van der Waals surface area contributed by atoms with E-state index in [1.807, 2.05) is 0 Å². The number of rotatable bonds is 5. The van der Waals surface area contributed by atoms with Crippen molar-refractivity contribution < 1.29 is 4.74 Å². The maximum Gasteiger partial charge on any atom is 0.142 e. The van der Waals surface area contributed by atoms with Crippen molar-refractivity contribution >= 4 is 5.69 Å². The molecule has 0 saturated heterocycles. The van der Waals surface area contributed by atoms with Gasteiger partial charge in [-0.2, -0.15) is 0 Å². The van der Waals surface area contributed by atoms with Crippen molar-refractivity contribution in [2.75, 3.05) is 11.9 Å². The Balaban J connectivity index is 2.01. The molecule has 3 heteroatoms. The molecule has 0 bridgehead atoms. The molecule has 0 aliphatic carbocycles. The maximum atomic E-state index is 5.93. The lowest BCUT2D eigenvalue weighted by Crippen LogP contribution is -2.34. The summed E-state index contributed by atoms with van der Waals surface area (Å²) < 4.78 is 5.93. The minimum Gasteiger partial charge on any atom is -0.486 e. The van der Waals surface area contributed by atoms with Gasteiger partial charge in [0.2, 0.25) is 0 Å². The van der Waals surface area contributed by atoms with Crippen LogP contribution in [-0.2, 0) is 6.42 Å². The number of hydrogen-bond donors (Lipinski definition) is 2. The minimum atomic E-state index is 0.305. The third-order valence-electron chi connectivity index (χ3n) is 3.47. The number of fused-ring (bicyclic) bond motifs is 1. The first kappa shape index (κ1) is 14.2. The predicted octanol–water partition coefficient (Wildman–Crippen LogP) is 3.20. The molecular formula is C16H26N2O. The smallest absolute Gasteiger partial charge is 0.142 e. The van der Waals surface area contributed by atoms with Crippen LogP contribution in [0, 0.1) is 0 Å². The molecule has 0 saturated carbocycles. The molecule has 1 aliphatic heterocycles. The van der Waals surface area contributed by atoms with Gasteiger partial charge >= 0.3 is 0 Å². The molecule has 1 aromatic carbocycles. The molecule has 0 radical (unpaired) electrons. The van der Waals surface area contributed by atoms with Crippen molar-refractivity contribution in [1.82, 2.24) is 5.32 Å². The first-order valence-corrected chi connectivity index (χ1v) is 7.38. The summed E-state index contributed by atoms with van der Waals surface area (Å²) in [6.45, 7) is 9.67. The molecular weight excluding hydrogens is 236 g/mol. The molecule has 106 valence electrons. The Kier molecular flexibility index (Phi) is 4.70. The van der Waals surface area contributed by atoms with E-state index < -0.39 is 0 Å². The number of nitrogens with one attached hydrogen (secondary N) is 2. The molecule has 0 fully saturated rings. The summed E-state index contributed by atoms with van der Waals surface area (Å²) in [5, 5.41) is 7.01. The Morgan fingerprint density at radius 1 is 1.37 bits per heavy atom. The molecule has 3 nitrogen and oxygen atoms in total. The van der Waals surface area contributed by atoms with Gasteiger partial charge in [0.15, 0.2) is 0 Å². The lowest BCUT2D eigenvalue weighted by Gasteiger charge is -2.27. The predicted molar refractivity (Wildman–Crippen MR) is 81.1 cm³/mol. The average Bonchev–Trinajstić information content (AvgIpc) is 2.37. The van der Waals surface area contributed by atoms with E-state index in [0.29, 0.717) is 18.2 Å². The van der Waals surface area contributed by atoms with Gasteiger partial charge in [0.25, 0.3) is 0 Å². The molecule has 0 aromatic heterocycles. The molecule has 2 rings (SSSR count). The van der Waals surface area contributed by atoms with Gasteiger partial charge in [0, 0.05) is 12.1 Å². The zero-order chi connectivity index (χ0) is 13.8. The third kappa shape index (κ3) is 3.87. The fourth-order valence-corrected chi connectivity index (χ4v) is 2.60. The van der Waals surface area contributed by atoms with Crippen molar-refractivity contribution in [2.24, 2.45) is 0 Å². The maximum absolute atomic E-state index is 5.93. The molecule has 2 unspecified atom stereocenters. The molecule has 1 heterocycles. The van der Waals surface area contributed by atoms with Gasteiger partial charge in [0.05, 0.1) is 12.2 Å². The number of benzene rings is 1. The lowest BCUT2D eigenvalue weighted by atomic mass is 10.0. The van der Waals surface area contributed by atoms with Crippen LogP contribution in [0.3, 0.4) is 0 Å². The van der Waals surface area contributed by atoms with E-state index >= 15 is 0 Å². The van der Waals surface area contributed by atoms with Gasteiger partial charge in [-0.1, -0.05) is 26.8 Å². The summed E-state index contributed by atoms with van der Waals surface area (Å²) in [5.74, 6) is 0.992. The van der Waals surface area contributed by atoms with Gasteiger partial charge in [-0.3, -0.25) is 0 Å². The van der Waals surface area contributed by atoms with Crippen LogP contribution in [0.4, 0.5) is 5.69 Å². The van der Waals surface area contributed by atoms with Gasteiger partial charge < -0.3 is 15.4 Å². The topological polar surface area (TPSA) is 33.3 Å². The van der Waals surface area contributed by atoms with Gasteiger partial charge in [-0.25, -0.2) is 0 Å². The second kappa shape index (κ2) is 6.29. The molecule has 0 spiro atoms. The normalized spacial score (nSPS) is 19.5. The summed E-state index contributed by atoms with van der Waals surface area (Å²) in [4.78, 5) is 0. The molecule has 1 aromatic rings. The van der Waals surface area contributed by atoms with Crippen LogP contribution in [0.2, 0.25) is 0 Å². The Morgan fingerprint density at radius 2 is 2.16 bits per heavy atom. The highest BCUT2D eigenvalue weighted by molar-refractivity contribution is 5.59. The standard InChI is InChI=1S/C16H26N2O/c1-5-14-10-17-15-9-13(6-7-16(15)19-14)8-12(4)18-11(2)3/h6-7,9,11-12,14,17-18H,5,8,10H2,1-4H3. The number of hydrogen-bond acceptors (Lipinski definition) is 3. The van der Waals surface area contributed by atoms with Gasteiger partial charge in [-0.05, 0) is 37.5 Å². The van der Waals surface area contributed by atoms with Crippen molar-refractivity contribution in [3.63, 3.8) is 0 Å². The summed E-state index contributed by atoms with van der Waals surface area (Å²) in [7, 11) is 0. The largest absolute Gasteiger partial charge is 0.486 e. The summed E-state index contributed by atoms with van der Waals surface area (Å²) in [6, 6.07) is 7.52. The van der Waals surface area contributed by atoms with Crippen molar-refractivity contribution in [3.8, 4) is 5.75 Å². The second-order valence-corrected chi connectivity index (χ2v) is 5.79. The molecule has 1 aliphatic rings. The van der Waals surface area contributed by atoms with E-state index in [4.69, 9.17) is 4.74 Å². The Labute approximate surface area is 116 Å². The molecule has 0 amide bonds. The summed E-state index contributed by atoms with van der Waals surface area (Å²) >= 11 is 0. The SMILES string of the molecule is CCC1CNc2cc(CC(C)NC(C)C)ccc2O1. The number of anilines is 1. The lowest BCUT2D eigenvalue weighted by molar-refractivity contribution is 0.202. The number of ether oxygens (including phenoxy) is 1. The molecule has 2 atom stereocenters. The highest BCUT2D eigenvalue weighted by Crippen LogP contribution is 2.30. The fourth-order valence-electron chi connectivity index (χ4n) is 2.60. The monoisotopic (exact) mass is 262 g/mol. The van der Waals surface area contributed by atoms with Crippen LogP contribution in [0.25, 0.3) is 0 Å². The molecule has 2 N–H and O–H groups in total. The third-order valence-corrected chi connectivity index (χ3v) is 3.47. The minimum absolute atomic E-state index is 0.305. The summed E-state index contributed by atoms with van der Waals surface area (Å²) in [6.07, 6.45) is 2.40. The van der Waals surface area contributed by atoms with Crippen LogP contribution in [0.1, 0.15) is 39.7 Å². The van der Waals surface area contributed by atoms with Crippen LogP contribution in [-0.4, -0.2) is 24.7 Å². The van der Waals surface area contributed by atoms with Crippen molar-refractivity contribution in [3.05, 3.63) is 23.8 Å². The first-order valence-electron chi connectivity index (χ1n) is 7.38. The highest BCUT2D eigenvalue weighted by Gasteiger charge is 2.18. The van der Waals surface area contributed by atoms with Crippen LogP contribution in [0.5, 0.6) is 5.75 Å². The van der Waals surface area contributed by atoms with E-state index in [2.05, 4.69) is 56.5 Å². The first-order chi connectivity index (χ1) is 9.08. The van der Waals surface area contributed by atoms with Gasteiger partial charge in [0.1, 0.15) is 11.9 Å². The van der Waals surface area contributed by atoms with Crippen LogP contribution >= 0.6 is 0 Å².